The third kappa shape index (κ3) is 3.88. The molecule has 1 amide bonds. The van der Waals surface area contributed by atoms with Crippen LogP contribution in [0, 0.1) is 28.8 Å². The smallest absolute Gasteiger partial charge is 0.338 e. The van der Waals surface area contributed by atoms with Crippen LogP contribution in [0.5, 0.6) is 0 Å². The van der Waals surface area contributed by atoms with Gasteiger partial charge in [-0.3, -0.25) is 10.1 Å². The number of rotatable bonds is 4. The first kappa shape index (κ1) is 18.3. The fourth-order valence-electron chi connectivity index (χ4n) is 2.08. The molecule has 3 aromatic rings. The third-order valence-electron chi connectivity index (χ3n) is 3.35. The van der Waals surface area contributed by atoms with Crippen molar-refractivity contribution in [1.29, 1.82) is 5.26 Å². The van der Waals surface area contributed by atoms with Crippen molar-refractivity contribution in [2.45, 2.75) is 0 Å². The highest BCUT2D eigenvalue weighted by atomic mass is 32.1. The van der Waals surface area contributed by atoms with Crippen LogP contribution in [0.3, 0.4) is 0 Å². The molecule has 0 saturated carbocycles. The zero-order valence-electron chi connectivity index (χ0n) is 13.3. The van der Waals surface area contributed by atoms with Gasteiger partial charge in [-0.05, 0) is 30.3 Å². The number of carbonyl (C=O) groups excluding carboxylic acids is 2. The van der Waals surface area contributed by atoms with E-state index in [0.717, 1.165) is 17.4 Å². The Balaban J connectivity index is 1.64. The van der Waals surface area contributed by atoms with E-state index in [1.165, 1.54) is 24.3 Å². The lowest BCUT2D eigenvalue weighted by Gasteiger charge is -2.04. The second kappa shape index (κ2) is 7.43. The number of amides is 1. The molecule has 27 heavy (non-hydrogen) atoms. The number of benzene rings is 2. The monoisotopic (exact) mass is 391 g/mol. The molecule has 0 unspecified atom stereocenters. The fraction of sp³-hybridized carbons (Fsp3) is 0.0588. The van der Waals surface area contributed by atoms with Gasteiger partial charge in [0, 0.05) is 0 Å². The normalized spacial score (nSPS) is 10.4. The molecule has 0 atom stereocenters. The van der Waals surface area contributed by atoms with Crippen LogP contribution in [-0.2, 0) is 9.53 Å². The van der Waals surface area contributed by atoms with Crippen LogP contribution in [0.4, 0.5) is 18.3 Å². The van der Waals surface area contributed by atoms with Gasteiger partial charge >= 0.3 is 5.97 Å². The average Bonchev–Trinajstić information content (AvgIpc) is 3.06. The fourth-order valence-corrected chi connectivity index (χ4v) is 2.98. The lowest BCUT2D eigenvalue weighted by Crippen LogP contribution is -2.20. The Labute approximate surface area is 153 Å². The zero-order chi connectivity index (χ0) is 19.6. The maximum absolute atomic E-state index is 13.6. The number of thiazole rings is 1. The van der Waals surface area contributed by atoms with Crippen molar-refractivity contribution in [3.8, 4) is 6.07 Å². The van der Waals surface area contributed by atoms with Gasteiger partial charge in [0.1, 0.15) is 5.52 Å². The number of nitrogens with zero attached hydrogens (tertiary/aromatic N) is 2. The van der Waals surface area contributed by atoms with Gasteiger partial charge < -0.3 is 4.74 Å². The molecule has 0 spiro atoms. The Morgan fingerprint density at radius 2 is 1.89 bits per heavy atom. The predicted molar refractivity (Wildman–Crippen MR) is 89.6 cm³/mol. The molecule has 1 aromatic heterocycles. The van der Waals surface area contributed by atoms with Crippen molar-refractivity contribution in [3.05, 3.63) is 58.9 Å². The summed E-state index contributed by atoms with van der Waals surface area (Å²) in [6.45, 7) is -0.653. The molecule has 0 bridgehead atoms. The largest absolute Gasteiger partial charge is 0.452 e. The Bertz CT molecular complexity index is 1090. The van der Waals surface area contributed by atoms with Crippen LogP contribution in [0.1, 0.15) is 15.9 Å². The van der Waals surface area contributed by atoms with Crippen molar-refractivity contribution in [3.63, 3.8) is 0 Å². The molecule has 0 radical (unpaired) electrons. The number of nitriles is 1. The minimum atomic E-state index is -1.65. The maximum atomic E-state index is 13.6. The van der Waals surface area contributed by atoms with Gasteiger partial charge in [-0.2, -0.15) is 5.26 Å². The number of anilines is 1. The zero-order valence-corrected chi connectivity index (χ0v) is 14.1. The van der Waals surface area contributed by atoms with Crippen LogP contribution in [0.2, 0.25) is 0 Å². The molecule has 6 nitrogen and oxygen atoms in total. The molecule has 1 N–H and O–H groups in total. The molecular weight excluding hydrogens is 383 g/mol. The van der Waals surface area contributed by atoms with Gasteiger partial charge in [-0.1, -0.05) is 11.3 Å². The van der Waals surface area contributed by atoms with Gasteiger partial charge in [0.25, 0.3) is 5.91 Å². The van der Waals surface area contributed by atoms with Crippen LogP contribution < -0.4 is 5.32 Å². The summed E-state index contributed by atoms with van der Waals surface area (Å²) >= 11 is 0.737. The summed E-state index contributed by atoms with van der Waals surface area (Å²) in [6.07, 6.45) is 0. The van der Waals surface area contributed by atoms with Crippen LogP contribution in [-0.4, -0.2) is 23.5 Å². The summed E-state index contributed by atoms with van der Waals surface area (Å²) in [5.41, 5.74) is 0.0961. The second-order valence-electron chi connectivity index (χ2n) is 5.17. The molecule has 1 heterocycles. The quantitative estimate of drug-likeness (QED) is 0.544. The molecule has 0 aliphatic heterocycles. The van der Waals surface area contributed by atoms with Crippen molar-refractivity contribution >= 4 is 38.6 Å². The molecule has 0 saturated heterocycles. The number of hydrogen-bond donors (Lipinski definition) is 1. The SMILES string of the molecule is N#Cc1ccc(C(=O)OCC(=O)Nc2nc3c(F)c(F)c(F)cc3s2)cc1. The number of fused-ring (bicyclic) bond motifs is 1. The van der Waals surface area contributed by atoms with E-state index in [0.29, 0.717) is 5.56 Å². The number of esters is 1. The van der Waals surface area contributed by atoms with Crippen molar-refractivity contribution in [1.82, 2.24) is 4.98 Å². The number of ether oxygens (including phenoxy) is 1. The second-order valence-corrected chi connectivity index (χ2v) is 6.20. The number of nitrogens with one attached hydrogen (secondary N) is 1. The summed E-state index contributed by atoms with van der Waals surface area (Å²) in [7, 11) is 0. The van der Waals surface area contributed by atoms with E-state index in [9.17, 15) is 22.8 Å². The molecule has 136 valence electrons. The first-order valence-corrected chi connectivity index (χ1v) is 8.12. The predicted octanol–water partition coefficient (Wildman–Crippen LogP) is 3.38. The standard InChI is InChI=1S/C17H8F3N3O3S/c18-10-5-11-15(14(20)13(10)19)23-17(27-11)22-12(24)7-26-16(25)9-3-1-8(6-21)2-4-9/h1-5H,7H2,(H,22,23,24). The van der Waals surface area contributed by atoms with Gasteiger partial charge in [0.05, 0.1) is 21.9 Å². The Morgan fingerprint density at radius 3 is 2.56 bits per heavy atom. The van der Waals surface area contributed by atoms with Gasteiger partial charge in [-0.25, -0.2) is 22.9 Å². The Hall–Kier alpha value is -3.45. The Morgan fingerprint density at radius 1 is 1.19 bits per heavy atom. The molecule has 3 rings (SSSR count). The average molecular weight is 391 g/mol. The molecule has 10 heteroatoms. The van der Waals surface area contributed by atoms with E-state index in [-0.39, 0.29) is 15.4 Å². The number of hydrogen-bond acceptors (Lipinski definition) is 6. The first-order valence-electron chi connectivity index (χ1n) is 7.30. The summed E-state index contributed by atoms with van der Waals surface area (Å²) in [5, 5.41) is 10.9. The van der Waals surface area contributed by atoms with E-state index >= 15 is 0 Å². The molecule has 0 aliphatic carbocycles. The molecule has 0 aliphatic rings. The summed E-state index contributed by atoms with van der Waals surface area (Å²) in [6, 6.07) is 8.26. The molecular formula is C17H8F3N3O3S. The first-order chi connectivity index (χ1) is 12.9. The minimum Gasteiger partial charge on any atom is -0.452 e. The highest BCUT2D eigenvalue weighted by Gasteiger charge is 2.18. The van der Waals surface area contributed by atoms with Gasteiger partial charge in [-0.15, -0.1) is 0 Å². The molecule has 0 fully saturated rings. The minimum absolute atomic E-state index is 0.0104. The number of halogens is 3. The van der Waals surface area contributed by atoms with Crippen LogP contribution in [0.15, 0.2) is 30.3 Å². The van der Waals surface area contributed by atoms with Crippen molar-refractivity contribution in [2.75, 3.05) is 11.9 Å². The van der Waals surface area contributed by atoms with Crippen molar-refractivity contribution < 1.29 is 27.5 Å². The van der Waals surface area contributed by atoms with E-state index in [4.69, 9.17) is 10.00 Å². The van der Waals surface area contributed by atoms with E-state index in [1.807, 2.05) is 6.07 Å². The highest BCUT2D eigenvalue weighted by Crippen LogP contribution is 2.30. The number of aromatic nitrogens is 1. The van der Waals surface area contributed by atoms with Crippen LogP contribution in [0.25, 0.3) is 10.2 Å². The summed E-state index contributed by atoms with van der Waals surface area (Å²) < 4.78 is 44.9. The van der Waals surface area contributed by atoms with Gasteiger partial charge in [0.2, 0.25) is 0 Å². The maximum Gasteiger partial charge on any atom is 0.338 e. The van der Waals surface area contributed by atoms with Crippen molar-refractivity contribution in [2.24, 2.45) is 0 Å². The summed E-state index contributed by atoms with van der Waals surface area (Å²) in [4.78, 5) is 27.4. The van der Waals surface area contributed by atoms with E-state index < -0.39 is 41.5 Å². The molecule has 2 aromatic carbocycles. The topological polar surface area (TPSA) is 92.1 Å². The van der Waals surface area contributed by atoms with Crippen LogP contribution >= 0.6 is 11.3 Å². The lowest BCUT2D eigenvalue weighted by molar-refractivity contribution is -0.119. The van der Waals surface area contributed by atoms with E-state index in [1.54, 1.807) is 0 Å². The van der Waals surface area contributed by atoms with E-state index in [2.05, 4.69) is 10.3 Å². The number of carbonyl (C=O) groups is 2. The lowest BCUT2D eigenvalue weighted by atomic mass is 10.1. The third-order valence-corrected chi connectivity index (χ3v) is 4.27. The van der Waals surface area contributed by atoms with Gasteiger partial charge in [0.15, 0.2) is 29.2 Å². The summed E-state index contributed by atoms with van der Waals surface area (Å²) in [5.74, 6) is -6.01. The Kier molecular flexibility index (Phi) is 5.05. The highest BCUT2D eigenvalue weighted by molar-refractivity contribution is 7.22.